The number of aliphatic hydroxyl groups is 1. The van der Waals surface area contributed by atoms with Crippen molar-refractivity contribution < 1.29 is 14.6 Å². The molecular weight excluding hydrogens is 228 g/mol. The molecule has 1 unspecified atom stereocenters. The first kappa shape index (κ1) is 17.6. The van der Waals surface area contributed by atoms with Crippen molar-refractivity contribution >= 4 is 0 Å². The van der Waals surface area contributed by atoms with Gasteiger partial charge in [-0.2, -0.15) is 0 Å². The molecule has 0 aliphatic carbocycles. The van der Waals surface area contributed by atoms with Crippen LogP contribution in [0.25, 0.3) is 0 Å². The van der Waals surface area contributed by atoms with Gasteiger partial charge in [0.2, 0.25) is 0 Å². The number of aliphatic hydroxyl groups excluding tert-OH is 1. The lowest BCUT2D eigenvalue weighted by molar-refractivity contribution is 0.0228. The van der Waals surface area contributed by atoms with E-state index in [-0.39, 0.29) is 6.61 Å². The van der Waals surface area contributed by atoms with E-state index in [1.807, 2.05) is 6.08 Å². The molecule has 0 aromatic carbocycles. The molecule has 0 amide bonds. The lowest BCUT2D eigenvalue weighted by atomic mass is 10.0. The first-order valence-electron chi connectivity index (χ1n) is 7.18. The molecule has 108 valence electrons. The van der Waals surface area contributed by atoms with E-state index in [2.05, 4.69) is 13.5 Å². The Labute approximate surface area is 112 Å². The maximum absolute atomic E-state index is 8.51. The molecule has 0 heterocycles. The Balaban J connectivity index is 3.12. The summed E-state index contributed by atoms with van der Waals surface area (Å²) in [5, 5.41) is 8.51. The summed E-state index contributed by atoms with van der Waals surface area (Å²) in [6.45, 7) is 8.47. The van der Waals surface area contributed by atoms with Crippen LogP contribution < -0.4 is 0 Å². The summed E-state index contributed by atoms with van der Waals surface area (Å²) in [5.74, 6) is 0.627. The predicted molar refractivity (Wildman–Crippen MR) is 75.8 cm³/mol. The molecule has 1 atom stereocenters. The molecule has 0 radical (unpaired) electrons. The highest BCUT2D eigenvalue weighted by atomic mass is 16.5. The van der Waals surface area contributed by atoms with Crippen molar-refractivity contribution in [1.29, 1.82) is 0 Å². The Morgan fingerprint density at radius 1 is 1.06 bits per heavy atom. The van der Waals surface area contributed by atoms with E-state index in [0.717, 1.165) is 13.0 Å². The second-order valence-electron chi connectivity index (χ2n) is 4.80. The van der Waals surface area contributed by atoms with Gasteiger partial charge < -0.3 is 14.6 Å². The third-order valence-corrected chi connectivity index (χ3v) is 2.87. The minimum atomic E-state index is 0.0856. The summed E-state index contributed by atoms with van der Waals surface area (Å²) in [5.41, 5.74) is 0. The van der Waals surface area contributed by atoms with Crippen molar-refractivity contribution in [3.05, 3.63) is 12.7 Å². The van der Waals surface area contributed by atoms with Gasteiger partial charge in [-0.3, -0.25) is 0 Å². The number of unbranched alkanes of at least 4 members (excludes halogenated alkanes) is 4. The fourth-order valence-corrected chi connectivity index (χ4v) is 1.79. The summed E-state index contributed by atoms with van der Waals surface area (Å²) in [7, 11) is 0. The van der Waals surface area contributed by atoms with Crippen LogP contribution >= 0.6 is 0 Å². The minimum Gasteiger partial charge on any atom is -0.394 e. The zero-order valence-electron chi connectivity index (χ0n) is 11.9. The van der Waals surface area contributed by atoms with E-state index in [0.29, 0.717) is 25.7 Å². The quantitative estimate of drug-likeness (QED) is 0.384. The number of ether oxygens (including phenoxy) is 2. The van der Waals surface area contributed by atoms with Gasteiger partial charge in [-0.15, -0.1) is 6.58 Å². The lowest BCUT2D eigenvalue weighted by Crippen LogP contribution is -2.11. The van der Waals surface area contributed by atoms with E-state index in [1.165, 1.54) is 32.1 Å². The number of rotatable bonds is 14. The van der Waals surface area contributed by atoms with E-state index in [4.69, 9.17) is 14.6 Å². The van der Waals surface area contributed by atoms with Crippen LogP contribution in [0.5, 0.6) is 0 Å². The van der Waals surface area contributed by atoms with Crippen LogP contribution in [-0.2, 0) is 9.47 Å². The highest BCUT2D eigenvalue weighted by Crippen LogP contribution is 2.11. The van der Waals surface area contributed by atoms with Gasteiger partial charge in [0.05, 0.1) is 26.4 Å². The van der Waals surface area contributed by atoms with Crippen LogP contribution in [0.3, 0.4) is 0 Å². The van der Waals surface area contributed by atoms with E-state index >= 15 is 0 Å². The van der Waals surface area contributed by atoms with Gasteiger partial charge in [0.25, 0.3) is 0 Å². The molecule has 0 aliphatic rings. The van der Waals surface area contributed by atoms with Crippen LogP contribution in [-0.4, -0.2) is 38.1 Å². The molecule has 0 saturated carbocycles. The van der Waals surface area contributed by atoms with Gasteiger partial charge in [-0.25, -0.2) is 0 Å². The molecule has 1 N–H and O–H groups in total. The van der Waals surface area contributed by atoms with Gasteiger partial charge >= 0.3 is 0 Å². The number of hydrogen-bond donors (Lipinski definition) is 1. The fourth-order valence-electron chi connectivity index (χ4n) is 1.79. The van der Waals surface area contributed by atoms with E-state index in [9.17, 15) is 0 Å². The van der Waals surface area contributed by atoms with Crippen molar-refractivity contribution in [2.75, 3.05) is 33.0 Å². The zero-order chi connectivity index (χ0) is 13.5. The fraction of sp³-hybridized carbons (Fsp3) is 0.867. The molecule has 0 spiro atoms. The van der Waals surface area contributed by atoms with E-state index in [1.54, 1.807) is 0 Å². The highest BCUT2D eigenvalue weighted by Gasteiger charge is 2.02. The molecular formula is C15H30O3. The Bertz CT molecular complexity index is 171. The van der Waals surface area contributed by atoms with Crippen LogP contribution in [0.1, 0.15) is 45.4 Å². The van der Waals surface area contributed by atoms with E-state index < -0.39 is 0 Å². The third kappa shape index (κ3) is 13.7. The topological polar surface area (TPSA) is 38.7 Å². The summed E-state index contributed by atoms with van der Waals surface area (Å²) in [4.78, 5) is 0. The standard InChI is InChI=1S/C15H30O3/c1-3-4-5-6-7-8-9-15(2)14-18-13-12-17-11-10-16/h3,15-16H,1,4-14H2,2H3. The first-order chi connectivity index (χ1) is 8.81. The van der Waals surface area contributed by atoms with Crippen molar-refractivity contribution in [2.24, 2.45) is 5.92 Å². The Morgan fingerprint density at radius 3 is 2.50 bits per heavy atom. The summed E-state index contributed by atoms with van der Waals surface area (Å²) in [6, 6.07) is 0. The smallest absolute Gasteiger partial charge is 0.0701 e. The number of hydrogen-bond acceptors (Lipinski definition) is 3. The largest absolute Gasteiger partial charge is 0.394 e. The zero-order valence-corrected chi connectivity index (χ0v) is 11.9. The van der Waals surface area contributed by atoms with Gasteiger partial charge in [-0.1, -0.05) is 32.3 Å². The Kier molecular flexibility index (Phi) is 14.4. The number of allylic oxidation sites excluding steroid dienone is 1. The maximum Gasteiger partial charge on any atom is 0.0701 e. The third-order valence-electron chi connectivity index (χ3n) is 2.87. The Morgan fingerprint density at radius 2 is 1.78 bits per heavy atom. The van der Waals surface area contributed by atoms with Crippen LogP contribution in [0.2, 0.25) is 0 Å². The monoisotopic (exact) mass is 258 g/mol. The molecule has 0 rings (SSSR count). The average Bonchev–Trinajstić information content (AvgIpc) is 2.38. The average molecular weight is 258 g/mol. The summed E-state index contributed by atoms with van der Waals surface area (Å²) < 4.78 is 10.6. The Hall–Kier alpha value is -0.380. The van der Waals surface area contributed by atoms with Gasteiger partial charge in [-0.05, 0) is 25.2 Å². The second-order valence-corrected chi connectivity index (χ2v) is 4.80. The first-order valence-corrected chi connectivity index (χ1v) is 7.18. The molecule has 0 aromatic rings. The maximum atomic E-state index is 8.51. The predicted octanol–water partition coefficient (Wildman–Crippen LogP) is 3.17. The molecule has 0 aromatic heterocycles. The van der Waals surface area contributed by atoms with Crippen LogP contribution in [0, 0.1) is 5.92 Å². The molecule has 0 fully saturated rings. The summed E-state index contributed by atoms with van der Waals surface area (Å²) >= 11 is 0. The second kappa shape index (κ2) is 14.7. The van der Waals surface area contributed by atoms with Gasteiger partial charge in [0.15, 0.2) is 0 Å². The lowest BCUT2D eigenvalue weighted by Gasteiger charge is -2.11. The van der Waals surface area contributed by atoms with Gasteiger partial charge in [0.1, 0.15) is 0 Å². The minimum absolute atomic E-state index is 0.0856. The van der Waals surface area contributed by atoms with Crippen molar-refractivity contribution in [1.82, 2.24) is 0 Å². The van der Waals surface area contributed by atoms with Crippen LogP contribution in [0.15, 0.2) is 12.7 Å². The molecule has 3 heteroatoms. The van der Waals surface area contributed by atoms with Crippen molar-refractivity contribution in [3.63, 3.8) is 0 Å². The molecule has 0 bridgehead atoms. The molecule has 0 saturated heterocycles. The van der Waals surface area contributed by atoms with Crippen LogP contribution in [0.4, 0.5) is 0 Å². The molecule has 0 aliphatic heterocycles. The van der Waals surface area contributed by atoms with Gasteiger partial charge in [0, 0.05) is 6.61 Å². The van der Waals surface area contributed by atoms with Crippen molar-refractivity contribution in [3.8, 4) is 0 Å². The van der Waals surface area contributed by atoms with Crippen molar-refractivity contribution in [2.45, 2.75) is 45.4 Å². The molecule has 18 heavy (non-hydrogen) atoms. The highest BCUT2D eigenvalue weighted by molar-refractivity contribution is 4.65. The normalized spacial score (nSPS) is 12.6. The molecule has 3 nitrogen and oxygen atoms in total. The SMILES string of the molecule is C=CCCCCCCC(C)COCCOCCO. The summed E-state index contributed by atoms with van der Waals surface area (Å²) in [6.07, 6.45) is 9.58.